The average Bonchev–Trinajstić information content (AvgIpc) is 2.65. The van der Waals surface area contributed by atoms with Crippen LogP contribution in [-0.2, 0) is 4.79 Å². The van der Waals surface area contributed by atoms with Gasteiger partial charge in [0.05, 0.1) is 0 Å². The smallest absolute Gasteiger partial charge is 0.244 e. The van der Waals surface area contributed by atoms with Gasteiger partial charge >= 0.3 is 0 Å². The maximum atomic E-state index is 11.7. The summed E-state index contributed by atoms with van der Waals surface area (Å²) in [5, 5.41) is 0.0373. The molecule has 2 rings (SSSR count). The summed E-state index contributed by atoms with van der Waals surface area (Å²) in [7, 11) is 0. The van der Waals surface area contributed by atoms with Crippen LogP contribution in [0, 0.1) is 13.8 Å². The Kier molecular flexibility index (Phi) is 3.74. The van der Waals surface area contributed by atoms with Crippen molar-refractivity contribution in [3.63, 3.8) is 0 Å². The Morgan fingerprint density at radius 2 is 2.12 bits per heavy atom. The van der Waals surface area contributed by atoms with E-state index in [1.54, 1.807) is 0 Å². The Hall–Kier alpha value is -1.000. The van der Waals surface area contributed by atoms with Gasteiger partial charge in [-0.05, 0) is 49.1 Å². The number of aliphatic imine (C=N–C) groups is 1. The van der Waals surface area contributed by atoms with Crippen LogP contribution in [0.1, 0.15) is 16.7 Å². The summed E-state index contributed by atoms with van der Waals surface area (Å²) in [5.74, 6) is 0. The Morgan fingerprint density at radius 3 is 2.76 bits per heavy atom. The first-order valence-electron chi connectivity index (χ1n) is 5.24. The normalized spacial score (nSPS) is 17.7. The first-order chi connectivity index (χ1) is 8.10. The van der Waals surface area contributed by atoms with E-state index in [2.05, 4.69) is 23.2 Å². The van der Waals surface area contributed by atoms with Crippen molar-refractivity contribution < 1.29 is 4.79 Å². The van der Waals surface area contributed by atoms with Gasteiger partial charge in [-0.15, -0.1) is 11.8 Å². The van der Waals surface area contributed by atoms with Crippen LogP contribution in [0.2, 0.25) is 0 Å². The third kappa shape index (κ3) is 2.82. The lowest BCUT2D eigenvalue weighted by Crippen LogP contribution is -1.89. The van der Waals surface area contributed by atoms with Crippen molar-refractivity contribution in [3.8, 4) is 0 Å². The van der Waals surface area contributed by atoms with Gasteiger partial charge in [0.2, 0.25) is 5.12 Å². The topological polar surface area (TPSA) is 29.4 Å². The molecule has 2 nitrogen and oxygen atoms in total. The van der Waals surface area contributed by atoms with Crippen molar-refractivity contribution in [1.82, 2.24) is 0 Å². The summed E-state index contributed by atoms with van der Waals surface area (Å²) < 4.78 is 0.826. The molecule has 88 valence electrons. The van der Waals surface area contributed by atoms with E-state index in [0.717, 1.165) is 15.5 Å². The summed E-state index contributed by atoms with van der Waals surface area (Å²) >= 11 is 2.72. The quantitative estimate of drug-likeness (QED) is 0.724. The zero-order chi connectivity index (χ0) is 12.4. The number of carbonyl (C=O) groups is 1. The van der Waals surface area contributed by atoms with E-state index in [-0.39, 0.29) is 5.12 Å². The van der Waals surface area contributed by atoms with Crippen LogP contribution in [-0.4, -0.2) is 15.7 Å². The van der Waals surface area contributed by atoms with Gasteiger partial charge in [0, 0.05) is 0 Å². The molecule has 1 aliphatic rings. The molecular formula is C13H13NOS2. The highest BCUT2D eigenvalue weighted by atomic mass is 32.2. The van der Waals surface area contributed by atoms with E-state index in [1.165, 1.54) is 29.1 Å². The fourth-order valence-electron chi connectivity index (χ4n) is 1.54. The second kappa shape index (κ2) is 5.10. The Labute approximate surface area is 110 Å². The van der Waals surface area contributed by atoms with Crippen molar-refractivity contribution >= 4 is 39.1 Å². The monoisotopic (exact) mass is 263 g/mol. The minimum atomic E-state index is 0.0373. The summed E-state index contributed by atoms with van der Waals surface area (Å²) in [6.45, 7) is 4.08. The van der Waals surface area contributed by atoms with Crippen LogP contribution >= 0.6 is 23.5 Å². The zero-order valence-electron chi connectivity index (χ0n) is 9.98. The fourth-order valence-corrected chi connectivity index (χ4v) is 2.80. The van der Waals surface area contributed by atoms with Crippen LogP contribution in [0.4, 0.5) is 0 Å². The predicted molar refractivity (Wildman–Crippen MR) is 77.4 cm³/mol. The van der Waals surface area contributed by atoms with Gasteiger partial charge < -0.3 is 0 Å². The SMILES string of the molecule is CSC1=N/C(=C/c2cc(C)ccc2C)C(=O)S1. The average molecular weight is 263 g/mol. The Bertz CT molecular complexity index is 532. The second-order valence-electron chi connectivity index (χ2n) is 3.86. The molecule has 0 amide bonds. The largest absolute Gasteiger partial charge is 0.279 e. The van der Waals surface area contributed by atoms with Gasteiger partial charge in [0.15, 0.2) is 0 Å². The summed E-state index contributed by atoms with van der Waals surface area (Å²) in [6, 6.07) is 6.21. The highest BCUT2D eigenvalue weighted by Crippen LogP contribution is 2.30. The molecule has 0 fully saturated rings. The van der Waals surface area contributed by atoms with Crippen molar-refractivity contribution in [2.45, 2.75) is 13.8 Å². The molecular weight excluding hydrogens is 250 g/mol. The van der Waals surface area contributed by atoms with Crippen molar-refractivity contribution in [3.05, 3.63) is 40.6 Å². The molecule has 17 heavy (non-hydrogen) atoms. The summed E-state index contributed by atoms with van der Waals surface area (Å²) in [4.78, 5) is 16.0. The molecule has 0 atom stereocenters. The van der Waals surface area contributed by atoms with Gasteiger partial charge in [-0.25, -0.2) is 4.99 Å². The molecule has 1 aromatic rings. The van der Waals surface area contributed by atoms with Crippen LogP contribution in [0.25, 0.3) is 6.08 Å². The molecule has 0 unspecified atom stereocenters. The maximum absolute atomic E-state index is 11.7. The van der Waals surface area contributed by atoms with Gasteiger partial charge in [-0.1, -0.05) is 23.8 Å². The fraction of sp³-hybridized carbons (Fsp3) is 0.231. The number of thioether (sulfide) groups is 2. The number of rotatable bonds is 1. The number of benzene rings is 1. The number of aryl methyl sites for hydroxylation is 2. The number of hydrogen-bond acceptors (Lipinski definition) is 4. The minimum absolute atomic E-state index is 0.0373. The van der Waals surface area contributed by atoms with E-state index >= 15 is 0 Å². The molecule has 0 saturated carbocycles. The molecule has 0 radical (unpaired) electrons. The number of carbonyl (C=O) groups excluding carboxylic acids is 1. The van der Waals surface area contributed by atoms with Crippen LogP contribution in [0.5, 0.6) is 0 Å². The molecule has 1 aromatic carbocycles. The highest BCUT2D eigenvalue weighted by molar-refractivity contribution is 8.45. The minimum Gasteiger partial charge on any atom is -0.279 e. The third-order valence-electron chi connectivity index (χ3n) is 2.50. The Balaban J connectivity index is 2.39. The predicted octanol–water partition coefficient (Wildman–Crippen LogP) is 3.64. The first kappa shape index (κ1) is 12.5. The molecule has 0 N–H and O–H groups in total. The zero-order valence-corrected chi connectivity index (χ0v) is 11.6. The van der Waals surface area contributed by atoms with Crippen molar-refractivity contribution in [1.29, 1.82) is 0 Å². The molecule has 1 aliphatic heterocycles. The van der Waals surface area contributed by atoms with Gasteiger partial charge in [-0.3, -0.25) is 4.79 Å². The van der Waals surface area contributed by atoms with Gasteiger partial charge in [0.1, 0.15) is 10.1 Å². The van der Waals surface area contributed by atoms with E-state index in [1.807, 2.05) is 26.2 Å². The first-order valence-corrected chi connectivity index (χ1v) is 7.28. The van der Waals surface area contributed by atoms with E-state index in [0.29, 0.717) is 5.70 Å². The Morgan fingerprint density at radius 1 is 1.35 bits per heavy atom. The second-order valence-corrected chi connectivity index (χ2v) is 5.88. The van der Waals surface area contributed by atoms with Crippen molar-refractivity contribution in [2.75, 3.05) is 6.26 Å². The molecule has 0 saturated heterocycles. The highest BCUT2D eigenvalue weighted by Gasteiger charge is 2.21. The lowest BCUT2D eigenvalue weighted by molar-refractivity contribution is -0.107. The molecule has 0 aromatic heterocycles. The van der Waals surface area contributed by atoms with Gasteiger partial charge in [-0.2, -0.15) is 0 Å². The number of hydrogen-bond donors (Lipinski definition) is 0. The number of nitrogens with zero attached hydrogens (tertiary/aromatic N) is 1. The van der Waals surface area contributed by atoms with Crippen LogP contribution in [0.15, 0.2) is 28.9 Å². The summed E-state index contributed by atoms with van der Waals surface area (Å²) in [6.07, 6.45) is 3.81. The van der Waals surface area contributed by atoms with E-state index in [9.17, 15) is 4.79 Å². The van der Waals surface area contributed by atoms with E-state index in [4.69, 9.17) is 0 Å². The van der Waals surface area contributed by atoms with Gasteiger partial charge in [0.25, 0.3) is 0 Å². The molecule has 0 aliphatic carbocycles. The lowest BCUT2D eigenvalue weighted by atomic mass is 10.0. The molecule has 0 bridgehead atoms. The standard InChI is InChI=1S/C13H13NOS2/c1-8-4-5-9(2)10(6-8)7-11-12(15)17-13(14-11)16-3/h4-7H,1-3H3/b11-7+. The molecule has 1 heterocycles. The molecule has 0 spiro atoms. The van der Waals surface area contributed by atoms with Crippen molar-refractivity contribution in [2.24, 2.45) is 4.99 Å². The third-order valence-corrected chi connectivity index (χ3v) is 4.35. The van der Waals surface area contributed by atoms with E-state index < -0.39 is 0 Å². The van der Waals surface area contributed by atoms with Crippen LogP contribution < -0.4 is 0 Å². The van der Waals surface area contributed by atoms with Crippen LogP contribution in [0.3, 0.4) is 0 Å². The maximum Gasteiger partial charge on any atom is 0.244 e. The summed E-state index contributed by atoms with van der Waals surface area (Å²) in [5.41, 5.74) is 3.97. The lowest BCUT2D eigenvalue weighted by Gasteiger charge is -2.02. The molecule has 4 heteroatoms.